The monoisotopic (exact) mass is 493 g/mol. The van der Waals surface area contributed by atoms with E-state index in [2.05, 4.69) is 0 Å². The molecule has 186 valence electrons. The van der Waals surface area contributed by atoms with Gasteiger partial charge in [-0.3, -0.25) is 9.59 Å². The highest BCUT2D eigenvalue weighted by atomic mass is 19.1. The molecule has 0 saturated carbocycles. The highest BCUT2D eigenvalue weighted by Crippen LogP contribution is 2.26. The van der Waals surface area contributed by atoms with Crippen molar-refractivity contribution in [1.82, 2.24) is 0 Å². The number of carbonyl (C=O) groups is 2. The summed E-state index contributed by atoms with van der Waals surface area (Å²) in [6.07, 6.45) is 2.83. The van der Waals surface area contributed by atoms with Crippen molar-refractivity contribution in [2.45, 2.75) is 13.4 Å². The van der Waals surface area contributed by atoms with E-state index < -0.39 is 18.2 Å². The standard InChI is InChI=1S/C32H29FN2O2/c1-23(36)9-10-25-19-29(33)21-31(20-25)35(32(37)28-7-5-4-6-8-28)22-24-11-13-26(14-12-24)27-15-17-30(18-16-27)34(2)3/h4-21H,22H2,1-3H3/b10-9+/i22D. The number of halogens is 1. The molecule has 0 radical (unpaired) electrons. The van der Waals surface area contributed by atoms with Crippen molar-refractivity contribution in [1.29, 1.82) is 0 Å². The van der Waals surface area contributed by atoms with Crippen LogP contribution in [0.3, 0.4) is 0 Å². The Kier molecular flexibility index (Phi) is 7.51. The van der Waals surface area contributed by atoms with E-state index in [-0.39, 0.29) is 11.5 Å². The number of benzene rings is 4. The van der Waals surface area contributed by atoms with Crippen LogP contribution in [0.15, 0.2) is 103 Å². The number of anilines is 2. The van der Waals surface area contributed by atoms with Crippen LogP contribution in [-0.2, 0) is 11.3 Å². The van der Waals surface area contributed by atoms with Gasteiger partial charge in [-0.05, 0) is 77.7 Å². The predicted octanol–water partition coefficient (Wildman–Crippen LogP) is 7.01. The predicted molar refractivity (Wildman–Crippen MR) is 149 cm³/mol. The van der Waals surface area contributed by atoms with Crippen LogP contribution in [0.1, 0.15) is 29.8 Å². The van der Waals surface area contributed by atoms with Crippen LogP contribution in [-0.4, -0.2) is 25.8 Å². The second-order valence-corrected chi connectivity index (χ2v) is 8.92. The molecule has 4 rings (SSSR count). The maximum atomic E-state index is 14.6. The van der Waals surface area contributed by atoms with Crippen LogP contribution in [0, 0.1) is 5.82 Å². The second kappa shape index (κ2) is 11.5. The lowest BCUT2D eigenvalue weighted by Gasteiger charge is -2.24. The Labute approximate surface area is 218 Å². The lowest BCUT2D eigenvalue weighted by molar-refractivity contribution is -0.112. The van der Waals surface area contributed by atoms with E-state index in [4.69, 9.17) is 1.37 Å². The van der Waals surface area contributed by atoms with Crippen molar-refractivity contribution < 1.29 is 15.4 Å². The first-order valence-electron chi connectivity index (χ1n) is 12.5. The zero-order valence-electron chi connectivity index (χ0n) is 22.1. The third kappa shape index (κ3) is 6.58. The highest BCUT2D eigenvalue weighted by Gasteiger charge is 2.19. The van der Waals surface area contributed by atoms with Crippen LogP contribution < -0.4 is 9.80 Å². The molecular formula is C32H29FN2O2. The fraction of sp³-hybridized carbons (Fsp3) is 0.125. The number of amides is 1. The van der Waals surface area contributed by atoms with Gasteiger partial charge in [0.1, 0.15) is 5.82 Å². The number of hydrogen-bond donors (Lipinski definition) is 0. The summed E-state index contributed by atoms with van der Waals surface area (Å²) in [5.74, 6) is -1.18. The van der Waals surface area contributed by atoms with Crippen molar-refractivity contribution in [2.24, 2.45) is 0 Å². The molecule has 5 heteroatoms. The molecule has 0 aromatic heterocycles. The second-order valence-electron chi connectivity index (χ2n) is 8.92. The summed E-state index contributed by atoms with van der Waals surface area (Å²) in [4.78, 5) is 28.3. The number of nitrogens with zero attached hydrogens (tertiary/aromatic N) is 2. The average Bonchev–Trinajstić information content (AvgIpc) is 2.92. The van der Waals surface area contributed by atoms with Crippen LogP contribution in [0.25, 0.3) is 17.2 Å². The Morgan fingerprint density at radius 2 is 1.46 bits per heavy atom. The Morgan fingerprint density at radius 1 is 0.838 bits per heavy atom. The van der Waals surface area contributed by atoms with Crippen LogP contribution in [0.2, 0.25) is 0 Å². The summed E-state index contributed by atoms with van der Waals surface area (Å²) < 4.78 is 23.7. The zero-order chi connectivity index (χ0) is 27.2. The minimum atomic E-state index is -1.14. The fourth-order valence-electron chi connectivity index (χ4n) is 3.88. The Hall–Kier alpha value is -4.51. The van der Waals surface area contributed by atoms with Crippen LogP contribution >= 0.6 is 0 Å². The molecule has 0 fully saturated rings. The molecule has 0 spiro atoms. The fourth-order valence-corrected chi connectivity index (χ4v) is 3.88. The van der Waals surface area contributed by atoms with Gasteiger partial charge in [-0.2, -0.15) is 0 Å². The van der Waals surface area contributed by atoms with Crippen molar-refractivity contribution in [3.8, 4) is 11.1 Å². The molecule has 37 heavy (non-hydrogen) atoms. The molecule has 4 aromatic carbocycles. The van der Waals surface area contributed by atoms with Crippen molar-refractivity contribution in [3.05, 3.63) is 126 Å². The highest BCUT2D eigenvalue weighted by molar-refractivity contribution is 6.06. The summed E-state index contributed by atoms with van der Waals surface area (Å²) in [5, 5.41) is 0. The SMILES string of the molecule is [2H]C(c1ccc(-c2ccc(N(C)C)cc2)cc1)N(C(=O)c1ccccc1)c1cc(F)cc(/C=C/C(C)=O)c1. The number of hydrogen-bond acceptors (Lipinski definition) is 3. The van der Waals surface area contributed by atoms with Gasteiger partial charge in [0.25, 0.3) is 5.91 Å². The van der Waals surface area contributed by atoms with Gasteiger partial charge in [0.15, 0.2) is 5.78 Å². The van der Waals surface area contributed by atoms with Gasteiger partial charge < -0.3 is 9.80 Å². The van der Waals surface area contributed by atoms with Gasteiger partial charge in [0, 0.05) is 31.0 Å². The van der Waals surface area contributed by atoms with Gasteiger partial charge >= 0.3 is 0 Å². The summed E-state index contributed by atoms with van der Waals surface area (Å²) in [5.41, 5.74) is 4.72. The van der Waals surface area contributed by atoms with Gasteiger partial charge in [0.2, 0.25) is 0 Å². The number of ketones is 1. The lowest BCUT2D eigenvalue weighted by atomic mass is 10.0. The van der Waals surface area contributed by atoms with Crippen molar-refractivity contribution in [2.75, 3.05) is 23.9 Å². The molecule has 4 aromatic rings. The Balaban J connectivity index is 1.71. The first kappa shape index (κ1) is 24.2. The molecule has 0 aliphatic rings. The zero-order valence-corrected chi connectivity index (χ0v) is 21.1. The molecule has 1 atom stereocenters. The van der Waals surface area contributed by atoms with Gasteiger partial charge in [-0.1, -0.05) is 60.7 Å². The maximum absolute atomic E-state index is 14.6. The Morgan fingerprint density at radius 3 is 2.05 bits per heavy atom. The summed E-state index contributed by atoms with van der Waals surface area (Å²) in [7, 11) is 3.98. The third-order valence-corrected chi connectivity index (χ3v) is 5.84. The van der Waals surface area contributed by atoms with E-state index in [1.807, 2.05) is 67.5 Å². The summed E-state index contributed by atoms with van der Waals surface area (Å²) in [6.45, 7) is 0.265. The molecule has 0 heterocycles. The van der Waals surface area contributed by atoms with Crippen molar-refractivity contribution >= 4 is 29.1 Å². The van der Waals surface area contributed by atoms with E-state index in [0.717, 1.165) is 16.8 Å². The van der Waals surface area contributed by atoms with E-state index in [0.29, 0.717) is 16.7 Å². The maximum Gasteiger partial charge on any atom is 0.258 e. The quantitative estimate of drug-likeness (QED) is 0.248. The molecule has 0 saturated heterocycles. The number of allylic oxidation sites excluding steroid dienone is 1. The van der Waals surface area contributed by atoms with Gasteiger partial charge in [0.05, 0.1) is 7.89 Å². The average molecular weight is 494 g/mol. The van der Waals surface area contributed by atoms with E-state index in [1.165, 1.54) is 36.1 Å². The first-order chi connectivity index (χ1) is 18.2. The van der Waals surface area contributed by atoms with Crippen LogP contribution in [0.4, 0.5) is 15.8 Å². The van der Waals surface area contributed by atoms with Crippen molar-refractivity contribution in [3.63, 3.8) is 0 Å². The normalized spacial score (nSPS) is 12.2. The molecule has 0 aliphatic heterocycles. The summed E-state index contributed by atoms with van der Waals surface area (Å²) in [6, 6.07) is 28.3. The Bertz CT molecular complexity index is 1450. The lowest BCUT2D eigenvalue weighted by Crippen LogP contribution is -2.30. The molecular weight excluding hydrogens is 463 g/mol. The van der Waals surface area contributed by atoms with Gasteiger partial charge in [-0.25, -0.2) is 4.39 Å². The summed E-state index contributed by atoms with van der Waals surface area (Å²) >= 11 is 0. The largest absolute Gasteiger partial charge is 0.378 e. The molecule has 0 N–H and O–H groups in total. The van der Waals surface area contributed by atoms with E-state index in [1.54, 1.807) is 36.4 Å². The van der Waals surface area contributed by atoms with Gasteiger partial charge in [-0.15, -0.1) is 0 Å². The minimum absolute atomic E-state index is 0.178. The first-order valence-corrected chi connectivity index (χ1v) is 11.9. The smallest absolute Gasteiger partial charge is 0.258 e. The molecule has 1 amide bonds. The van der Waals surface area contributed by atoms with E-state index in [9.17, 15) is 14.0 Å². The topological polar surface area (TPSA) is 40.6 Å². The van der Waals surface area contributed by atoms with E-state index >= 15 is 0 Å². The minimum Gasteiger partial charge on any atom is -0.378 e. The third-order valence-electron chi connectivity index (χ3n) is 5.84. The van der Waals surface area contributed by atoms with Crippen LogP contribution in [0.5, 0.6) is 0 Å². The molecule has 4 nitrogen and oxygen atoms in total. The number of rotatable bonds is 8. The molecule has 0 aliphatic carbocycles. The molecule has 0 bridgehead atoms. The molecule has 1 unspecified atom stereocenters. The number of carbonyl (C=O) groups excluding carboxylic acids is 2.